The van der Waals surface area contributed by atoms with Crippen LogP contribution in [0.2, 0.25) is 0 Å². The molecule has 132 valence electrons. The number of aromatic amines is 1. The Morgan fingerprint density at radius 3 is 2.50 bits per heavy atom. The highest BCUT2D eigenvalue weighted by atomic mass is 32.1. The minimum Gasteiger partial charge on any atom is -0.308 e. The van der Waals surface area contributed by atoms with Gasteiger partial charge in [0.15, 0.2) is 5.82 Å². The minimum atomic E-state index is -0.172. The Kier molecular flexibility index (Phi) is 3.83. The molecule has 2 aliphatic rings. The van der Waals surface area contributed by atoms with Gasteiger partial charge in [-0.05, 0) is 57.6 Å². The molecule has 0 aliphatic heterocycles. The number of anilines is 1. The van der Waals surface area contributed by atoms with Crippen LogP contribution in [0.15, 0.2) is 39.7 Å². The monoisotopic (exact) mass is 381 g/mol. The standard InChI is InChI=1S/C20H19N3OS2/c24-19(13-2-1-3-13)21-18-16-4-7-20(10-17(16)22-23-18,14-5-8-25-11-14)15-6-9-26-12-15/h4-9,11-13H,1-3,10H2,(H2,21,22,23,24). The fourth-order valence-electron chi connectivity index (χ4n) is 3.85. The van der Waals surface area contributed by atoms with Crippen LogP contribution in [0.25, 0.3) is 6.08 Å². The molecule has 3 aromatic heterocycles. The summed E-state index contributed by atoms with van der Waals surface area (Å²) in [5.41, 5.74) is 4.52. The Labute approximate surface area is 160 Å². The first-order valence-corrected chi connectivity index (χ1v) is 10.8. The molecule has 1 amide bonds. The second kappa shape index (κ2) is 6.21. The van der Waals surface area contributed by atoms with E-state index >= 15 is 0 Å². The van der Waals surface area contributed by atoms with Crippen molar-refractivity contribution in [3.05, 3.63) is 62.1 Å². The molecule has 0 radical (unpaired) electrons. The zero-order valence-electron chi connectivity index (χ0n) is 14.2. The third-order valence-electron chi connectivity index (χ3n) is 5.66. The third-order valence-corrected chi connectivity index (χ3v) is 7.03. The summed E-state index contributed by atoms with van der Waals surface area (Å²) in [6, 6.07) is 4.40. The number of nitrogens with one attached hydrogen (secondary N) is 2. The second-order valence-corrected chi connectivity index (χ2v) is 8.65. The van der Waals surface area contributed by atoms with Crippen LogP contribution >= 0.6 is 22.7 Å². The Bertz CT molecular complexity index is 915. The number of fused-ring (bicyclic) bond motifs is 1. The summed E-state index contributed by atoms with van der Waals surface area (Å²) in [6.07, 6.45) is 8.35. The molecule has 3 heterocycles. The maximum atomic E-state index is 12.3. The van der Waals surface area contributed by atoms with Gasteiger partial charge >= 0.3 is 0 Å². The highest BCUT2D eigenvalue weighted by Gasteiger charge is 2.37. The quantitative estimate of drug-likeness (QED) is 0.680. The fourth-order valence-corrected chi connectivity index (χ4v) is 5.33. The molecule has 26 heavy (non-hydrogen) atoms. The molecule has 1 saturated carbocycles. The first-order valence-electron chi connectivity index (χ1n) is 8.89. The summed E-state index contributed by atoms with van der Waals surface area (Å²) in [5.74, 6) is 0.925. The van der Waals surface area contributed by atoms with Crippen molar-refractivity contribution in [2.45, 2.75) is 31.1 Å². The highest BCUT2D eigenvalue weighted by Crippen LogP contribution is 2.43. The van der Waals surface area contributed by atoms with Crippen molar-refractivity contribution in [3.63, 3.8) is 0 Å². The highest BCUT2D eigenvalue weighted by molar-refractivity contribution is 7.08. The van der Waals surface area contributed by atoms with E-state index in [1.807, 2.05) is 0 Å². The first-order chi connectivity index (χ1) is 12.8. The Hall–Kier alpha value is -2.18. The van der Waals surface area contributed by atoms with E-state index in [9.17, 15) is 4.79 Å². The number of rotatable bonds is 4. The molecule has 2 aliphatic carbocycles. The number of allylic oxidation sites excluding steroid dienone is 1. The number of thiophene rings is 2. The molecule has 4 nitrogen and oxygen atoms in total. The Morgan fingerprint density at radius 1 is 1.19 bits per heavy atom. The predicted molar refractivity (Wildman–Crippen MR) is 107 cm³/mol. The zero-order valence-corrected chi connectivity index (χ0v) is 15.8. The van der Waals surface area contributed by atoms with Gasteiger partial charge in [0.05, 0.1) is 0 Å². The van der Waals surface area contributed by atoms with Gasteiger partial charge in [-0.2, -0.15) is 27.8 Å². The summed E-state index contributed by atoms with van der Waals surface area (Å²) in [7, 11) is 0. The van der Waals surface area contributed by atoms with E-state index in [2.05, 4.69) is 61.3 Å². The van der Waals surface area contributed by atoms with Crippen molar-refractivity contribution in [3.8, 4) is 0 Å². The number of aromatic nitrogens is 2. The van der Waals surface area contributed by atoms with E-state index in [0.29, 0.717) is 5.82 Å². The number of hydrogen-bond acceptors (Lipinski definition) is 4. The van der Waals surface area contributed by atoms with Crippen LogP contribution in [0.3, 0.4) is 0 Å². The van der Waals surface area contributed by atoms with Gasteiger partial charge in [0.25, 0.3) is 0 Å². The molecule has 0 unspecified atom stereocenters. The number of nitrogens with zero attached hydrogens (tertiary/aromatic N) is 1. The zero-order chi connectivity index (χ0) is 17.6. The molecule has 6 heteroatoms. The smallest absolute Gasteiger partial charge is 0.228 e. The lowest BCUT2D eigenvalue weighted by Gasteiger charge is -2.32. The second-order valence-electron chi connectivity index (χ2n) is 7.09. The van der Waals surface area contributed by atoms with Crippen molar-refractivity contribution in [1.29, 1.82) is 0 Å². The molecule has 1 fully saturated rings. The van der Waals surface area contributed by atoms with Crippen LogP contribution < -0.4 is 5.32 Å². The first kappa shape index (κ1) is 16.0. The van der Waals surface area contributed by atoms with Gasteiger partial charge in [0.1, 0.15) is 0 Å². The van der Waals surface area contributed by atoms with E-state index in [0.717, 1.165) is 36.9 Å². The van der Waals surface area contributed by atoms with E-state index in [-0.39, 0.29) is 17.2 Å². The third kappa shape index (κ3) is 2.47. The van der Waals surface area contributed by atoms with Crippen LogP contribution in [0.1, 0.15) is 41.6 Å². The summed E-state index contributed by atoms with van der Waals surface area (Å²) >= 11 is 3.45. The van der Waals surface area contributed by atoms with Crippen molar-refractivity contribution in [2.24, 2.45) is 5.92 Å². The van der Waals surface area contributed by atoms with Crippen molar-refractivity contribution < 1.29 is 4.79 Å². The number of hydrogen-bond donors (Lipinski definition) is 2. The molecular weight excluding hydrogens is 362 g/mol. The van der Waals surface area contributed by atoms with Gasteiger partial charge in [-0.1, -0.05) is 18.6 Å². The van der Waals surface area contributed by atoms with Crippen LogP contribution in [0, 0.1) is 5.92 Å². The van der Waals surface area contributed by atoms with Crippen molar-refractivity contribution in [2.75, 3.05) is 5.32 Å². The Balaban J connectivity index is 1.50. The van der Waals surface area contributed by atoms with Crippen molar-refractivity contribution >= 4 is 40.5 Å². The van der Waals surface area contributed by atoms with Gasteiger partial charge in [-0.25, -0.2) is 0 Å². The maximum absolute atomic E-state index is 12.3. The van der Waals surface area contributed by atoms with Crippen LogP contribution in [0.5, 0.6) is 0 Å². The SMILES string of the molecule is O=C(Nc1n[nH]c2c1C=CC(c1ccsc1)(c1ccsc1)C2)C1CCC1. The summed E-state index contributed by atoms with van der Waals surface area (Å²) in [5, 5.41) is 19.3. The van der Waals surface area contributed by atoms with Gasteiger partial charge in [0, 0.05) is 29.0 Å². The van der Waals surface area contributed by atoms with Gasteiger partial charge in [-0.3, -0.25) is 9.89 Å². The Morgan fingerprint density at radius 2 is 1.92 bits per heavy atom. The van der Waals surface area contributed by atoms with E-state index < -0.39 is 0 Å². The molecule has 2 N–H and O–H groups in total. The predicted octanol–water partition coefficient (Wildman–Crippen LogP) is 4.83. The molecule has 0 saturated heterocycles. The van der Waals surface area contributed by atoms with Gasteiger partial charge in [-0.15, -0.1) is 0 Å². The molecule has 3 aromatic rings. The van der Waals surface area contributed by atoms with Crippen LogP contribution in [-0.4, -0.2) is 16.1 Å². The summed E-state index contributed by atoms with van der Waals surface area (Å²) in [4.78, 5) is 12.3. The lowest BCUT2D eigenvalue weighted by atomic mass is 9.70. The lowest BCUT2D eigenvalue weighted by molar-refractivity contribution is -0.122. The summed E-state index contributed by atoms with van der Waals surface area (Å²) in [6.45, 7) is 0. The topological polar surface area (TPSA) is 57.8 Å². The molecule has 5 rings (SSSR count). The number of amides is 1. The fraction of sp³-hybridized carbons (Fsp3) is 0.300. The largest absolute Gasteiger partial charge is 0.308 e. The molecule has 0 bridgehead atoms. The average molecular weight is 382 g/mol. The molecular formula is C20H19N3OS2. The lowest BCUT2D eigenvalue weighted by Crippen LogP contribution is -2.30. The number of H-pyrrole nitrogens is 1. The average Bonchev–Trinajstić information content (AvgIpc) is 3.35. The minimum absolute atomic E-state index is 0.103. The molecule has 0 atom stereocenters. The normalized spacial score (nSPS) is 18.3. The number of carbonyl (C=O) groups excluding carboxylic acids is 1. The summed E-state index contributed by atoms with van der Waals surface area (Å²) < 4.78 is 0. The van der Waals surface area contributed by atoms with Crippen molar-refractivity contribution in [1.82, 2.24) is 10.2 Å². The van der Waals surface area contributed by atoms with Gasteiger partial charge < -0.3 is 5.32 Å². The molecule has 0 spiro atoms. The molecule has 0 aromatic carbocycles. The van der Waals surface area contributed by atoms with E-state index in [1.165, 1.54) is 11.1 Å². The van der Waals surface area contributed by atoms with Crippen LogP contribution in [0.4, 0.5) is 5.82 Å². The van der Waals surface area contributed by atoms with Crippen LogP contribution in [-0.2, 0) is 16.6 Å². The number of carbonyl (C=O) groups is 1. The van der Waals surface area contributed by atoms with Gasteiger partial charge in [0.2, 0.25) is 5.91 Å². The van der Waals surface area contributed by atoms with E-state index in [4.69, 9.17) is 0 Å². The van der Waals surface area contributed by atoms with E-state index in [1.54, 1.807) is 22.7 Å². The maximum Gasteiger partial charge on any atom is 0.228 e.